The molecule has 3 nitrogen and oxygen atoms in total. The van der Waals surface area contributed by atoms with Gasteiger partial charge in [0.15, 0.2) is 6.29 Å². The van der Waals surface area contributed by atoms with E-state index in [0.29, 0.717) is 19.8 Å². The van der Waals surface area contributed by atoms with Gasteiger partial charge < -0.3 is 14.2 Å². The highest BCUT2D eigenvalue weighted by Gasteiger charge is 2.13. The predicted molar refractivity (Wildman–Crippen MR) is 67.0 cm³/mol. The third-order valence-electron chi connectivity index (χ3n) is 2.52. The Morgan fingerprint density at radius 3 is 2.59 bits per heavy atom. The van der Waals surface area contributed by atoms with Crippen LogP contribution in [0.15, 0.2) is 30.3 Å². The Hall–Kier alpha value is -1.32. The molecule has 0 atom stereocenters. The van der Waals surface area contributed by atoms with Crippen LogP contribution in [-0.2, 0) is 9.47 Å². The van der Waals surface area contributed by atoms with Gasteiger partial charge in [-0.1, -0.05) is 24.3 Å². The molecule has 0 amide bonds. The first-order valence-corrected chi connectivity index (χ1v) is 6.01. The molecule has 0 bridgehead atoms. The third kappa shape index (κ3) is 3.88. The van der Waals surface area contributed by atoms with Gasteiger partial charge in [-0.3, -0.25) is 0 Å². The minimum atomic E-state index is -0.0612. The van der Waals surface area contributed by atoms with E-state index in [1.165, 1.54) is 0 Å². The van der Waals surface area contributed by atoms with Crippen molar-refractivity contribution in [3.05, 3.63) is 35.9 Å². The van der Waals surface area contributed by atoms with Crippen molar-refractivity contribution in [3.63, 3.8) is 0 Å². The monoisotopic (exact) mass is 234 g/mol. The lowest BCUT2D eigenvalue weighted by atomic mass is 10.2. The van der Waals surface area contributed by atoms with Gasteiger partial charge in [0.25, 0.3) is 0 Å². The molecule has 1 aliphatic rings. The van der Waals surface area contributed by atoms with E-state index in [1.807, 2.05) is 31.2 Å². The molecule has 0 unspecified atom stereocenters. The fourth-order valence-corrected chi connectivity index (χ4v) is 1.70. The van der Waals surface area contributed by atoms with Gasteiger partial charge in [-0.15, -0.1) is 0 Å². The van der Waals surface area contributed by atoms with Crippen molar-refractivity contribution in [3.8, 4) is 5.75 Å². The Morgan fingerprint density at radius 2 is 1.94 bits per heavy atom. The first-order chi connectivity index (χ1) is 8.38. The Balaban J connectivity index is 1.82. The summed E-state index contributed by atoms with van der Waals surface area (Å²) in [7, 11) is 0. The van der Waals surface area contributed by atoms with Crippen LogP contribution < -0.4 is 4.74 Å². The fraction of sp³-hybridized carbons (Fsp3) is 0.429. The summed E-state index contributed by atoms with van der Waals surface area (Å²) in [5, 5.41) is 0. The highest BCUT2D eigenvalue weighted by atomic mass is 16.7. The van der Waals surface area contributed by atoms with Crippen molar-refractivity contribution < 1.29 is 14.2 Å². The lowest BCUT2D eigenvalue weighted by Crippen LogP contribution is -2.04. The zero-order chi connectivity index (χ0) is 11.9. The Labute approximate surface area is 102 Å². The van der Waals surface area contributed by atoms with Gasteiger partial charge in [-0.05, 0) is 24.6 Å². The molecule has 0 N–H and O–H groups in total. The fourth-order valence-electron chi connectivity index (χ4n) is 1.70. The summed E-state index contributed by atoms with van der Waals surface area (Å²) in [5.74, 6) is 0.909. The van der Waals surface area contributed by atoms with Crippen LogP contribution in [0.4, 0.5) is 0 Å². The van der Waals surface area contributed by atoms with Gasteiger partial charge in [0.05, 0.1) is 19.8 Å². The van der Waals surface area contributed by atoms with E-state index in [-0.39, 0.29) is 6.29 Å². The van der Waals surface area contributed by atoms with Gasteiger partial charge in [-0.2, -0.15) is 0 Å². The Morgan fingerprint density at radius 1 is 1.24 bits per heavy atom. The number of benzene rings is 1. The average Bonchev–Trinajstić information content (AvgIpc) is 2.85. The van der Waals surface area contributed by atoms with Crippen LogP contribution in [-0.4, -0.2) is 26.1 Å². The molecule has 0 saturated carbocycles. The molecule has 0 aromatic heterocycles. The van der Waals surface area contributed by atoms with Crippen molar-refractivity contribution in [2.45, 2.75) is 19.6 Å². The molecule has 0 aliphatic carbocycles. The summed E-state index contributed by atoms with van der Waals surface area (Å²) in [5.41, 5.74) is 1.16. The van der Waals surface area contributed by atoms with Crippen molar-refractivity contribution in [2.24, 2.45) is 0 Å². The lowest BCUT2D eigenvalue weighted by Gasteiger charge is -2.04. The van der Waals surface area contributed by atoms with Gasteiger partial charge in [0, 0.05) is 6.42 Å². The Kier molecular flexibility index (Phi) is 4.59. The van der Waals surface area contributed by atoms with E-state index < -0.39 is 0 Å². The summed E-state index contributed by atoms with van der Waals surface area (Å²) in [6.45, 7) is 4.10. The first kappa shape index (κ1) is 12.1. The molecule has 92 valence electrons. The lowest BCUT2D eigenvalue weighted by molar-refractivity contribution is -0.0379. The SMILES string of the molecule is CCOc1ccc(C=CCC2OCCO2)cc1. The summed E-state index contributed by atoms with van der Waals surface area (Å²) >= 11 is 0. The molecule has 1 aromatic rings. The van der Waals surface area contributed by atoms with Crippen LogP contribution in [0.3, 0.4) is 0 Å². The summed E-state index contributed by atoms with van der Waals surface area (Å²) in [4.78, 5) is 0. The average molecular weight is 234 g/mol. The molecular formula is C14H18O3. The smallest absolute Gasteiger partial charge is 0.161 e. The van der Waals surface area contributed by atoms with Crippen LogP contribution in [0.1, 0.15) is 18.9 Å². The molecule has 0 spiro atoms. The number of ether oxygens (including phenoxy) is 3. The summed E-state index contributed by atoms with van der Waals surface area (Å²) in [6, 6.07) is 8.03. The van der Waals surface area contributed by atoms with E-state index in [0.717, 1.165) is 17.7 Å². The normalized spacial score (nSPS) is 16.8. The van der Waals surface area contributed by atoms with E-state index in [4.69, 9.17) is 14.2 Å². The standard InChI is InChI=1S/C14H18O3/c1-2-15-13-8-6-12(7-9-13)4-3-5-14-16-10-11-17-14/h3-4,6-9,14H,2,5,10-11H2,1H3. The van der Waals surface area contributed by atoms with Gasteiger partial charge in [0.1, 0.15) is 5.75 Å². The maximum absolute atomic E-state index is 5.38. The van der Waals surface area contributed by atoms with Crippen molar-refractivity contribution in [1.82, 2.24) is 0 Å². The molecule has 1 saturated heterocycles. The highest BCUT2D eigenvalue weighted by Crippen LogP contribution is 2.14. The van der Waals surface area contributed by atoms with Crippen LogP contribution >= 0.6 is 0 Å². The summed E-state index contributed by atoms with van der Waals surface area (Å²) in [6.07, 6.45) is 4.88. The van der Waals surface area contributed by atoms with Crippen molar-refractivity contribution in [1.29, 1.82) is 0 Å². The molecule has 0 radical (unpaired) electrons. The zero-order valence-electron chi connectivity index (χ0n) is 10.1. The molecule has 1 aromatic carbocycles. The number of hydrogen-bond donors (Lipinski definition) is 0. The Bertz CT molecular complexity index is 350. The van der Waals surface area contributed by atoms with Crippen molar-refractivity contribution >= 4 is 6.08 Å². The molecule has 1 heterocycles. The molecule has 1 aliphatic heterocycles. The van der Waals surface area contributed by atoms with E-state index >= 15 is 0 Å². The zero-order valence-corrected chi connectivity index (χ0v) is 10.1. The topological polar surface area (TPSA) is 27.7 Å². The van der Waals surface area contributed by atoms with Gasteiger partial charge >= 0.3 is 0 Å². The maximum Gasteiger partial charge on any atom is 0.161 e. The molecular weight excluding hydrogens is 216 g/mol. The van der Waals surface area contributed by atoms with Crippen LogP contribution in [0.5, 0.6) is 5.75 Å². The van der Waals surface area contributed by atoms with Crippen LogP contribution in [0.25, 0.3) is 6.08 Å². The quantitative estimate of drug-likeness (QED) is 0.784. The second-order valence-corrected chi connectivity index (χ2v) is 3.81. The van der Waals surface area contributed by atoms with Crippen molar-refractivity contribution in [2.75, 3.05) is 19.8 Å². The predicted octanol–water partition coefficient (Wildman–Crippen LogP) is 2.86. The number of rotatable bonds is 5. The highest BCUT2D eigenvalue weighted by molar-refractivity contribution is 5.50. The minimum Gasteiger partial charge on any atom is -0.494 e. The minimum absolute atomic E-state index is 0.0612. The van der Waals surface area contributed by atoms with Gasteiger partial charge in [0.2, 0.25) is 0 Å². The molecule has 2 rings (SSSR count). The summed E-state index contributed by atoms with van der Waals surface area (Å²) < 4.78 is 16.1. The molecule has 1 fully saturated rings. The molecule has 17 heavy (non-hydrogen) atoms. The van der Waals surface area contributed by atoms with E-state index in [9.17, 15) is 0 Å². The third-order valence-corrected chi connectivity index (χ3v) is 2.52. The maximum atomic E-state index is 5.38. The van der Waals surface area contributed by atoms with Crippen LogP contribution in [0, 0.1) is 0 Å². The van der Waals surface area contributed by atoms with Crippen LogP contribution in [0.2, 0.25) is 0 Å². The van der Waals surface area contributed by atoms with Gasteiger partial charge in [-0.25, -0.2) is 0 Å². The second kappa shape index (κ2) is 6.42. The second-order valence-electron chi connectivity index (χ2n) is 3.81. The first-order valence-electron chi connectivity index (χ1n) is 6.01. The number of hydrogen-bond acceptors (Lipinski definition) is 3. The van der Waals surface area contributed by atoms with E-state index in [1.54, 1.807) is 0 Å². The van der Waals surface area contributed by atoms with E-state index in [2.05, 4.69) is 12.2 Å². The largest absolute Gasteiger partial charge is 0.494 e. The molecule has 3 heteroatoms.